The molecule has 2 nitrogen and oxygen atoms in total. The summed E-state index contributed by atoms with van der Waals surface area (Å²) >= 11 is 2.08. The van der Waals surface area contributed by atoms with Crippen LogP contribution in [-0.2, 0) is 4.74 Å². The van der Waals surface area contributed by atoms with Gasteiger partial charge in [0.15, 0.2) is 0 Å². The van der Waals surface area contributed by atoms with E-state index in [-0.39, 0.29) is 11.3 Å². The third-order valence-electron chi connectivity index (χ3n) is 3.09. The summed E-state index contributed by atoms with van der Waals surface area (Å²) in [6.07, 6.45) is 2.54. The topological polar surface area (TPSA) is 21.3 Å². The zero-order chi connectivity index (χ0) is 10.2. The van der Waals surface area contributed by atoms with Crippen LogP contribution in [0, 0.1) is 5.92 Å². The van der Waals surface area contributed by atoms with E-state index in [1.165, 1.54) is 24.3 Å². The molecule has 14 heavy (non-hydrogen) atoms. The third-order valence-corrected chi connectivity index (χ3v) is 4.32. The fourth-order valence-corrected chi connectivity index (χ4v) is 3.78. The van der Waals surface area contributed by atoms with E-state index in [2.05, 4.69) is 37.8 Å². The summed E-state index contributed by atoms with van der Waals surface area (Å²) in [5, 5.41) is 3.52. The monoisotopic (exact) mass is 215 g/mol. The molecule has 2 atom stereocenters. The minimum Gasteiger partial charge on any atom is -0.354 e. The SMILES string of the molecule is CC1(C)CNC(C)(CC2CCSC2)O1. The largest absolute Gasteiger partial charge is 0.354 e. The Morgan fingerprint density at radius 2 is 2.21 bits per heavy atom. The Bertz CT molecular complexity index is 213. The van der Waals surface area contributed by atoms with E-state index in [0.717, 1.165) is 12.5 Å². The zero-order valence-electron chi connectivity index (χ0n) is 9.43. The predicted molar refractivity (Wildman–Crippen MR) is 61.6 cm³/mol. The van der Waals surface area contributed by atoms with Crippen LogP contribution in [0.1, 0.15) is 33.6 Å². The molecular weight excluding hydrogens is 194 g/mol. The van der Waals surface area contributed by atoms with Crippen molar-refractivity contribution in [1.82, 2.24) is 5.32 Å². The average molecular weight is 215 g/mol. The van der Waals surface area contributed by atoms with Crippen molar-refractivity contribution in [1.29, 1.82) is 0 Å². The summed E-state index contributed by atoms with van der Waals surface area (Å²) in [7, 11) is 0. The molecule has 0 radical (unpaired) electrons. The van der Waals surface area contributed by atoms with Crippen molar-refractivity contribution < 1.29 is 4.74 Å². The minimum absolute atomic E-state index is 0.0144. The summed E-state index contributed by atoms with van der Waals surface area (Å²) < 4.78 is 6.08. The van der Waals surface area contributed by atoms with Crippen molar-refractivity contribution in [3.63, 3.8) is 0 Å². The average Bonchev–Trinajstić information content (AvgIpc) is 2.60. The van der Waals surface area contributed by atoms with Crippen LogP contribution in [0.4, 0.5) is 0 Å². The maximum absolute atomic E-state index is 6.08. The molecule has 0 saturated carbocycles. The van der Waals surface area contributed by atoms with E-state index >= 15 is 0 Å². The van der Waals surface area contributed by atoms with Gasteiger partial charge in [0.25, 0.3) is 0 Å². The maximum atomic E-state index is 6.08. The van der Waals surface area contributed by atoms with Crippen molar-refractivity contribution in [2.24, 2.45) is 5.92 Å². The van der Waals surface area contributed by atoms with Gasteiger partial charge < -0.3 is 4.74 Å². The van der Waals surface area contributed by atoms with Gasteiger partial charge in [0.1, 0.15) is 5.72 Å². The third kappa shape index (κ3) is 2.44. The highest BCUT2D eigenvalue weighted by Crippen LogP contribution is 2.35. The highest BCUT2D eigenvalue weighted by Gasteiger charge is 2.41. The summed E-state index contributed by atoms with van der Waals surface area (Å²) in [5.41, 5.74) is -0.0560. The van der Waals surface area contributed by atoms with Gasteiger partial charge >= 0.3 is 0 Å². The molecule has 0 bridgehead atoms. The molecule has 0 amide bonds. The second-order valence-corrected chi connectivity index (χ2v) is 6.53. The normalized spacial score (nSPS) is 41.8. The molecule has 2 aliphatic heterocycles. The highest BCUT2D eigenvalue weighted by molar-refractivity contribution is 7.99. The van der Waals surface area contributed by atoms with Crippen molar-refractivity contribution in [2.45, 2.75) is 44.9 Å². The van der Waals surface area contributed by atoms with Gasteiger partial charge in [0.2, 0.25) is 0 Å². The van der Waals surface area contributed by atoms with Gasteiger partial charge in [-0.2, -0.15) is 11.8 Å². The molecule has 2 rings (SSSR count). The van der Waals surface area contributed by atoms with E-state index in [0.29, 0.717) is 0 Å². The van der Waals surface area contributed by atoms with Crippen LogP contribution in [0.3, 0.4) is 0 Å². The zero-order valence-corrected chi connectivity index (χ0v) is 10.2. The molecule has 2 unspecified atom stereocenters. The van der Waals surface area contributed by atoms with Crippen LogP contribution < -0.4 is 5.32 Å². The van der Waals surface area contributed by atoms with Crippen LogP contribution in [0.25, 0.3) is 0 Å². The molecule has 2 aliphatic rings. The second kappa shape index (κ2) is 3.69. The fraction of sp³-hybridized carbons (Fsp3) is 1.00. The van der Waals surface area contributed by atoms with E-state index in [4.69, 9.17) is 4.74 Å². The number of nitrogens with one attached hydrogen (secondary N) is 1. The Kier molecular flexibility index (Phi) is 2.84. The smallest absolute Gasteiger partial charge is 0.117 e. The number of hydrogen-bond acceptors (Lipinski definition) is 3. The van der Waals surface area contributed by atoms with Gasteiger partial charge in [-0.15, -0.1) is 0 Å². The van der Waals surface area contributed by atoms with Gasteiger partial charge in [0.05, 0.1) is 5.60 Å². The Morgan fingerprint density at radius 1 is 1.43 bits per heavy atom. The predicted octanol–water partition coefficient (Wildman–Crippen LogP) is 2.24. The Balaban J connectivity index is 1.90. The first kappa shape index (κ1) is 10.8. The molecule has 0 spiro atoms. The van der Waals surface area contributed by atoms with Crippen LogP contribution in [0.2, 0.25) is 0 Å². The quantitative estimate of drug-likeness (QED) is 0.763. The lowest BCUT2D eigenvalue weighted by Gasteiger charge is -2.29. The van der Waals surface area contributed by atoms with Gasteiger partial charge in [-0.1, -0.05) is 0 Å². The molecule has 2 saturated heterocycles. The van der Waals surface area contributed by atoms with Gasteiger partial charge in [-0.25, -0.2) is 0 Å². The summed E-state index contributed by atoms with van der Waals surface area (Å²) in [6.45, 7) is 7.50. The molecule has 2 heterocycles. The van der Waals surface area contributed by atoms with E-state index in [1.54, 1.807) is 0 Å². The summed E-state index contributed by atoms with van der Waals surface area (Å²) in [4.78, 5) is 0. The van der Waals surface area contributed by atoms with Crippen molar-refractivity contribution in [2.75, 3.05) is 18.1 Å². The molecule has 0 aromatic carbocycles. The first-order valence-electron chi connectivity index (χ1n) is 5.52. The number of ether oxygens (including phenoxy) is 1. The first-order chi connectivity index (χ1) is 6.49. The van der Waals surface area contributed by atoms with Gasteiger partial charge in [0, 0.05) is 6.54 Å². The van der Waals surface area contributed by atoms with Gasteiger partial charge in [-0.3, -0.25) is 5.32 Å². The number of rotatable bonds is 2. The fourth-order valence-electron chi connectivity index (χ4n) is 2.49. The molecule has 0 aliphatic carbocycles. The van der Waals surface area contributed by atoms with E-state index < -0.39 is 0 Å². The van der Waals surface area contributed by atoms with E-state index in [1.807, 2.05) is 0 Å². The Hall–Kier alpha value is 0.270. The molecule has 3 heteroatoms. The van der Waals surface area contributed by atoms with Crippen LogP contribution in [-0.4, -0.2) is 29.4 Å². The highest BCUT2D eigenvalue weighted by atomic mass is 32.2. The lowest BCUT2D eigenvalue weighted by atomic mass is 9.98. The molecule has 2 fully saturated rings. The lowest BCUT2D eigenvalue weighted by molar-refractivity contribution is -0.0894. The molecule has 1 N–H and O–H groups in total. The van der Waals surface area contributed by atoms with E-state index in [9.17, 15) is 0 Å². The van der Waals surface area contributed by atoms with Crippen molar-refractivity contribution in [3.8, 4) is 0 Å². The lowest BCUT2D eigenvalue weighted by Crippen LogP contribution is -2.39. The first-order valence-corrected chi connectivity index (χ1v) is 6.68. The standard InChI is InChI=1S/C11H21NOS/c1-10(2)8-12-11(3,13-10)6-9-4-5-14-7-9/h9,12H,4-8H2,1-3H3. The van der Waals surface area contributed by atoms with Crippen LogP contribution >= 0.6 is 11.8 Å². The summed E-state index contributed by atoms with van der Waals surface area (Å²) in [6, 6.07) is 0. The molecule has 0 aromatic rings. The molecular formula is C11H21NOS. The number of hydrogen-bond donors (Lipinski definition) is 1. The van der Waals surface area contributed by atoms with Crippen LogP contribution in [0.15, 0.2) is 0 Å². The Morgan fingerprint density at radius 3 is 2.71 bits per heavy atom. The van der Waals surface area contributed by atoms with Crippen molar-refractivity contribution in [3.05, 3.63) is 0 Å². The van der Waals surface area contributed by atoms with Crippen molar-refractivity contribution >= 4 is 11.8 Å². The second-order valence-electron chi connectivity index (χ2n) is 5.38. The minimum atomic E-state index is -0.0704. The number of thioether (sulfide) groups is 1. The summed E-state index contributed by atoms with van der Waals surface area (Å²) in [5.74, 6) is 3.51. The molecule has 0 aromatic heterocycles. The maximum Gasteiger partial charge on any atom is 0.117 e. The Labute approximate surface area is 91.2 Å². The van der Waals surface area contributed by atoms with Crippen LogP contribution in [0.5, 0.6) is 0 Å². The molecule has 82 valence electrons. The van der Waals surface area contributed by atoms with Gasteiger partial charge in [-0.05, 0) is 51.0 Å².